The van der Waals surface area contributed by atoms with Crippen LogP contribution in [-0.2, 0) is 20.7 Å². The smallest absolute Gasteiger partial charge is 0.317 e. The zero-order valence-electron chi connectivity index (χ0n) is 12.2. The van der Waals surface area contributed by atoms with Crippen molar-refractivity contribution in [2.24, 2.45) is 5.92 Å². The zero-order chi connectivity index (χ0) is 15.0. The first kappa shape index (κ1) is 16.0. The molecule has 0 aliphatic carbocycles. The molecule has 0 amide bonds. The van der Waals surface area contributed by atoms with Crippen LogP contribution in [0.15, 0.2) is 42.6 Å². The third-order valence-corrected chi connectivity index (χ3v) is 2.73. The minimum atomic E-state index is -0.784. The van der Waals surface area contributed by atoms with E-state index in [-0.39, 0.29) is 12.4 Å². The lowest BCUT2D eigenvalue weighted by Gasteiger charge is -2.13. The lowest BCUT2D eigenvalue weighted by Crippen LogP contribution is -2.27. The summed E-state index contributed by atoms with van der Waals surface area (Å²) in [5.41, 5.74) is 0.942. The van der Waals surface area contributed by atoms with Gasteiger partial charge in [0.25, 0.3) is 0 Å². The van der Waals surface area contributed by atoms with E-state index < -0.39 is 11.9 Å². The standard InChI is InChI=1S/C16H21NO3/c1-4-20-16(19)14(15(18)10-11-17(2)3)12-13-8-6-5-7-9-13/h5-11,14H,4,12H2,1-3H3/b11-10-. The van der Waals surface area contributed by atoms with Crippen LogP contribution in [0.2, 0.25) is 0 Å². The van der Waals surface area contributed by atoms with Gasteiger partial charge in [-0.1, -0.05) is 30.3 Å². The lowest BCUT2D eigenvalue weighted by atomic mass is 9.95. The molecule has 0 fully saturated rings. The Morgan fingerprint density at radius 2 is 1.90 bits per heavy atom. The van der Waals surface area contributed by atoms with E-state index in [1.54, 1.807) is 18.0 Å². The Labute approximate surface area is 120 Å². The van der Waals surface area contributed by atoms with Crippen molar-refractivity contribution >= 4 is 11.8 Å². The van der Waals surface area contributed by atoms with Crippen LogP contribution in [0.1, 0.15) is 12.5 Å². The molecule has 1 unspecified atom stereocenters. The van der Waals surface area contributed by atoms with E-state index in [9.17, 15) is 9.59 Å². The molecule has 0 N–H and O–H groups in total. The number of hydrogen-bond donors (Lipinski definition) is 0. The van der Waals surface area contributed by atoms with Crippen molar-refractivity contribution in [3.8, 4) is 0 Å². The van der Waals surface area contributed by atoms with Gasteiger partial charge in [0.05, 0.1) is 6.61 Å². The van der Waals surface area contributed by atoms with E-state index in [2.05, 4.69) is 0 Å². The van der Waals surface area contributed by atoms with Crippen molar-refractivity contribution in [1.82, 2.24) is 4.90 Å². The van der Waals surface area contributed by atoms with Crippen LogP contribution in [0, 0.1) is 5.92 Å². The molecule has 1 atom stereocenters. The zero-order valence-corrected chi connectivity index (χ0v) is 12.2. The Balaban J connectivity index is 2.85. The summed E-state index contributed by atoms with van der Waals surface area (Å²) < 4.78 is 5.00. The molecular weight excluding hydrogens is 254 g/mol. The molecule has 0 spiro atoms. The molecule has 0 saturated heterocycles. The first-order valence-corrected chi connectivity index (χ1v) is 6.63. The highest BCUT2D eigenvalue weighted by Crippen LogP contribution is 2.13. The fraction of sp³-hybridized carbons (Fsp3) is 0.375. The van der Waals surface area contributed by atoms with Crippen LogP contribution < -0.4 is 0 Å². The number of ether oxygens (including phenoxy) is 1. The molecular formula is C16H21NO3. The van der Waals surface area contributed by atoms with Gasteiger partial charge in [-0.05, 0) is 25.0 Å². The number of allylic oxidation sites excluding steroid dienone is 1. The molecule has 0 heterocycles. The molecule has 20 heavy (non-hydrogen) atoms. The number of carbonyl (C=O) groups is 2. The van der Waals surface area contributed by atoms with Gasteiger partial charge in [0, 0.05) is 20.3 Å². The normalized spacial score (nSPS) is 12.2. The van der Waals surface area contributed by atoms with Crippen molar-refractivity contribution in [3.05, 3.63) is 48.2 Å². The van der Waals surface area contributed by atoms with Crippen molar-refractivity contribution in [2.45, 2.75) is 13.3 Å². The first-order chi connectivity index (χ1) is 9.54. The molecule has 1 rings (SSSR count). The maximum atomic E-state index is 12.2. The Morgan fingerprint density at radius 3 is 2.45 bits per heavy atom. The van der Waals surface area contributed by atoms with E-state index in [1.807, 2.05) is 44.4 Å². The van der Waals surface area contributed by atoms with E-state index >= 15 is 0 Å². The Kier molecular flexibility index (Phi) is 6.50. The topological polar surface area (TPSA) is 46.6 Å². The third-order valence-electron chi connectivity index (χ3n) is 2.73. The minimum Gasteiger partial charge on any atom is -0.465 e. The van der Waals surface area contributed by atoms with Gasteiger partial charge in [0.15, 0.2) is 5.78 Å². The summed E-state index contributed by atoms with van der Waals surface area (Å²) in [6, 6.07) is 9.47. The maximum absolute atomic E-state index is 12.2. The van der Waals surface area contributed by atoms with Crippen molar-refractivity contribution in [1.29, 1.82) is 0 Å². The number of esters is 1. The second-order valence-electron chi connectivity index (χ2n) is 4.68. The van der Waals surface area contributed by atoms with Gasteiger partial charge in [0.1, 0.15) is 5.92 Å². The number of benzene rings is 1. The SMILES string of the molecule is CCOC(=O)C(Cc1ccccc1)C(=O)/C=C\N(C)C. The predicted octanol–water partition coefficient (Wildman–Crippen LogP) is 2.05. The lowest BCUT2D eigenvalue weighted by molar-refractivity contribution is -0.150. The number of hydrogen-bond acceptors (Lipinski definition) is 4. The van der Waals surface area contributed by atoms with Crippen LogP contribution in [0.5, 0.6) is 0 Å². The highest BCUT2D eigenvalue weighted by molar-refractivity contribution is 6.05. The van der Waals surface area contributed by atoms with E-state index in [1.165, 1.54) is 6.08 Å². The summed E-state index contributed by atoms with van der Waals surface area (Å²) in [5.74, 6) is -1.49. The molecule has 0 bridgehead atoms. The van der Waals surface area contributed by atoms with Crippen molar-refractivity contribution < 1.29 is 14.3 Å². The molecule has 0 aliphatic rings. The molecule has 0 saturated carbocycles. The molecule has 1 aromatic carbocycles. The van der Waals surface area contributed by atoms with E-state index in [0.717, 1.165) is 5.56 Å². The Morgan fingerprint density at radius 1 is 1.25 bits per heavy atom. The third kappa shape index (κ3) is 5.26. The molecule has 108 valence electrons. The maximum Gasteiger partial charge on any atom is 0.317 e. The summed E-state index contributed by atoms with van der Waals surface area (Å²) in [6.07, 6.45) is 3.42. The van der Waals surface area contributed by atoms with Gasteiger partial charge in [-0.25, -0.2) is 0 Å². The summed E-state index contributed by atoms with van der Waals surface area (Å²) in [6.45, 7) is 2.01. The highest BCUT2D eigenvalue weighted by Gasteiger charge is 2.26. The fourth-order valence-corrected chi connectivity index (χ4v) is 1.73. The van der Waals surface area contributed by atoms with Gasteiger partial charge in [-0.15, -0.1) is 0 Å². The Bertz CT molecular complexity index is 466. The molecule has 4 heteroatoms. The van der Waals surface area contributed by atoms with Crippen LogP contribution in [0.25, 0.3) is 0 Å². The van der Waals surface area contributed by atoms with Crippen LogP contribution >= 0.6 is 0 Å². The molecule has 1 aromatic rings. The van der Waals surface area contributed by atoms with Crippen LogP contribution in [0.4, 0.5) is 0 Å². The summed E-state index contributed by atoms with van der Waals surface area (Å²) in [7, 11) is 3.64. The second-order valence-corrected chi connectivity index (χ2v) is 4.68. The fourth-order valence-electron chi connectivity index (χ4n) is 1.73. The average Bonchev–Trinajstić information content (AvgIpc) is 2.43. The average molecular weight is 275 g/mol. The number of ketones is 1. The summed E-state index contributed by atoms with van der Waals surface area (Å²) in [5, 5.41) is 0. The Hall–Kier alpha value is -2.10. The van der Waals surface area contributed by atoms with Crippen LogP contribution in [0.3, 0.4) is 0 Å². The molecule has 0 radical (unpaired) electrons. The number of carbonyl (C=O) groups excluding carboxylic acids is 2. The van der Waals surface area contributed by atoms with Gasteiger partial charge >= 0.3 is 5.97 Å². The van der Waals surface area contributed by atoms with E-state index in [0.29, 0.717) is 6.42 Å². The summed E-state index contributed by atoms with van der Waals surface area (Å²) in [4.78, 5) is 25.8. The number of rotatable bonds is 7. The largest absolute Gasteiger partial charge is 0.465 e. The molecule has 4 nitrogen and oxygen atoms in total. The monoisotopic (exact) mass is 275 g/mol. The first-order valence-electron chi connectivity index (χ1n) is 6.63. The minimum absolute atomic E-state index is 0.235. The van der Waals surface area contributed by atoms with Crippen molar-refractivity contribution in [2.75, 3.05) is 20.7 Å². The van der Waals surface area contributed by atoms with Gasteiger partial charge in [-0.3, -0.25) is 9.59 Å². The van der Waals surface area contributed by atoms with E-state index in [4.69, 9.17) is 4.74 Å². The van der Waals surface area contributed by atoms with Crippen LogP contribution in [-0.4, -0.2) is 37.4 Å². The predicted molar refractivity (Wildman–Crippen MR) is 78.1 cm³/mol. The quantitative estimate of drug-likeness (QED) is 0.434. The molecule has 0 aliphatic heterocycles. The summed E-state index contributed by atoms with van der Waals surface area (Å²) >= 11 is 0. The highest BCUT2D eigenvalue weighted by atomic mass is 16.5. The molecule has 0 aromatic heterocycles. The van der Waals surface area contributed by atoms with Gasteiger partial charge in [0.2, 0.25) is 0 Å². The second kappa shape index (κ2) is 8.15. The van der Waals surface area contributed by atoms with Gasteiger partial charge in [-0.2, -0.15) is 0 Å². The van der Waals surface area contributed by atoms with Gasteiger partial charge < -0.3 is 9.64 Å². The number of nitrogens with zero attached hydrogens (tertiary/aromatic N) is 1. The van der Waals surface area contributed by atoms with Crippen molar-refractivity contribution in [3.63, 3.8) is 0 Å².